The molecule has 0 aromatic heterocycles. The van der Waals surface area contributed by atoms with Gasteiger partial charge in [-0.25, -0.2) is 0 Å². The van der Waals surface area contributed by atoms with Crippen LogP contribution in [0, 0.1) is 10.1 Å². The van der Waals surface area contributed by atoms with E-state index in [2.05, 4.69) is 0 Å². The SMILES string of the molecule is O=[N+]([O-])c1ccc(P(=O)(O)O)cc1.[H-].[H-].[Na+].[Na+]. The Hall–Kier alpha value is 0.770. The third-order valence-electron chi connectivity index (χ3n) is 1.40. The number of benzene rings is 1. The fourth-order valence-corrected chi connectivity index (χ4v) is 1.31. The van der Waals surface area contributed by atoms with Crippen molar-refractivity contribution >= 4 is 18.6 Å². The Morgan fingerprint density at radius 3 is 1.87 bits per heavy atom. The van der Waals surface area contributed by atoms with Gasteiger partial charge < -0.3 is 12.6 Å². The second kappa shape index (κ2) is 7.17. The number of non-ortho nitro benzene ring substituents is 1. The normalized spacial score (nSPS) is 9.73. The molecule has 0 saturated carbocycles. The van der Waals surface area contributed by atoms with Crippen LogP contribution in [0.1, 0.15) is 2.85 Å². The average molecular weight is 251 g/mol. The Morgan fingerprint density at radius 1 is 1.20 bits per heavy atom. The van der Waals surface area contributed by atoms with Gasteiger partial charge in [-0.2, -0.15) is 0 Å². The molecule has 2 N–H and O–H groups in total. The smallest absolute Gasteiger partial charge is 1.00 e. The van der Waals surface area contributed by atoms with E-state index in [-0.39, 0.29) is 73.0 Å². The number of nitro benzene ring substituents is 1. The molecule has 1 aromatic carbocycles. The predicted octanol–water partition coefficient (Wildman–Crippen LogP) is -5.37. The van der Waals surface area contributed by atoms with Gasteiger partial charge in [0.1, 0.15) is 0 Å². The summed E-state index contributed by atoms with van der Waals surface area (Å²) in [6, 6.07) is 4.18. The molecule has 0 amide bonds. The Kier molecular flexibility index (Phi) is 8.67. The summed E-state index contributed by atoms with van der Waals surface area (Å²) in [5.74, 6) is 0. The van der Waals surface area contributed by atoms with E-state index in [1.807, 2.05) is 0 Å². The molecule has 0 atom stereocenters. The van der Waals surface area contributed by atoms with E-state index >= 15 is 0 Å². The van der Waals surface area contributed by atoms with Crippen molar-refractivity contribution in [3.63, 3.8) is 0 Å². The van der Waals surface area contributed by atoms with Gasteiger partial charge in [0.25, 0.3) is 5.69 Å². The number of rotatable bonds is 2. The molecule has 0 aliphatic rings. The summed E-state index contributed by atoms with van der Waals surface area (Å²) < 4.78 is 10.6. The Labute approximate surface area is 133 Å². The van der Waals surface area contributed by atoms with Crippen LogP contribution in [-0.2, 0) is 4.57 Å². The van der Waals surface area contributed by atoms with E-state index in [4.69, 9.17) is 9.79 Å². The van der Waals surface area contributed by atoms with E-state index in [0.29, 0.717) is 0 Å². The third-order valence-corrected chi connectivity index (χ3v) is 2.37. The quantitative estimate of drug-likeness (QED) is 0.236. The largest absolute Gasteiger partial charge is 1.00 e. The molecule has 9 heteroatoms. The van der Waals surface area contributed by atoms with Crippen LogP contribution in [0.15, 0.2) is 24.3 Å². The Morgan fingerprint density at radius 2 is 1.60 bits per heavy atom. The standard InChI is InChI=1S/C6H6NO5P.2Na.2H/c8-7(9)5-1-3-6(4-2-5)13(10,11)12;;;;/h1-4H,(H2,10,11,12);;;;/q;2*+1;2*-1. The van der Waals surface area contributed by atoms with Gasteiger partial charge in [0, 0.05) is 12.1 Å². The molecule has 74 valence electrons. The fraction of sp³-hybridized carbons (Fsp3) is 0. The van der Waals surface area contributed by atoms with Crippen LogP contribution >= 0.6 is 7.60 Å². The predicted molar refractivity (Wildman–Crippen MR) is 47.0 cm³/mol. The molecule has 0 aliphatic heterocycles. The minimum Gasteiger partial charge on any atom is -1.00 e. The molecule has 15 heavy (non-hydrogen) atoms. The van der Waals surface area contributed by atoms with Gasteiger partial charge in [-0.15, -0.1) is 0 Å². The van der Waals surface area contributed by atoms with Gasteiger partial charge >= 0.3 is 66.7 Å². The minimum absolute atomic E-state index is 0. The molecule has 1 rings (SSSR count). The van der Waals surface area contributed by atoms with Crippen molar-refractivity contribution in [2.24, 2.45) is 0 Å². The van der Waals surface area contributed by atoms with Crippen LogP contribution in [0.4, 0.5) is 5.69 Å². The Bertz CT molecular complexity index is 384. The molecule has 0 radical (unpaired) electrons. The summed E-state index contributed by atoms with van der Waals surface area (Å²) in [4.78, 5) is 26.9. The zero-order valence-electron chi connectivity index (χ0n) is 10.3. The van der Waals surface area contributed by atoms with Crippen LogP contribution in [0.3, 0.4) is 0 Å². The average Bonchev–Trinajstić information content (AvgIpc) is 2.03. The van der Waals surface area contributed by atoms with Gasteiger partial charge in [-0.3, -0.25) is 14.7 Å². The Balaban J connectivity index is -0.000000211. The van der Waals surface area contributed by atoms with Crippen molar-refractivity contribution < 1.29 is 81.2 Å². The molecule has 0 spiro atoms. The van der Waals surface area contributed by atoms with E-state index in [1.54, 1.807) is 0 Å². The molecule has 0 unspecified atom stereocenters. The summed E-state index contributed by atoms with van der Waals surface area (Å²) in [6.07, 6.45) is 0. The summed E-state index contributed by atoms with van der Waals surface area (Å²) in [7, 11) is -4.29. The van der Waals surface area contributed by atoms with Crippen molar-refractivity contribution in [3.8, 4) is 0 Å². The van der Waals surface area contributed by atoms with E-state index in [1.165, 1.54) is 0 Å². The van der Waals surface area contributed by atoms with Gasteiger partial charge in [0.15, 0.2) is 0 Å². The van der Waals surface area contributed by atoms with Crippen LogP contribution in [0.2, 0.25) is 0 Å². The summed E-state index contributed by atoms with van der Waals surface area (Å²) in [6.45, 7) is 0. The number of hydrogen-bond donors (Lipinski definition) is 2. The molecule has 0 heterocycles. The van der Waals surface area contributed by atoms with Gasteiger partial charge in [-0.05, 0) is 12.1 Å². The van der Waals surface area contributed by atoms with Crippen molar-refractivity contribution in [2.45, 2.75) is 0 Å². The van der Waals surface area contributed by atoms with Crippen molar-refractivity contribution in [1.82, 2.24) is 0 Å². The first-order chi connectivity index (χ1) is 5.91. The molecule has 0 bridgehead atoms. The van der Waals surface area contributed by atoms with E-state index in [0.717, 1.165) is 24.3 Å². The van der Waals surface area contributed by atoms with Gasteiger partial charge in [0.2, 0.25) is 0 Å². The molecule has 0 fully saturated rings. The van der Waals surface area contributed by atoms with Crippen molar-refractivity contribution in [2.75, 3.05) is 0 Å². The monoisotopic (exact) mass is 251 g/mol. The summed E-state index contributed by atoms with van der Waals surface area (Å²) >= 11 is 0. The molecule has 6 nitrogen and oxygen atoms in total. The fourth-order valence-electron chi connectivity index (χ4n) is 0.769. The maximum absolute atomic E-state index is 10.6. The first-order valence-electron chi connectivity index (χ1n) is 3.22. The second-order valence-corrected chi connectivity index (χ2v) is 3.92. The number of hydrogen-bond acceptors (Lipinski definition) is 3. The molecule has 1 aromatic rings. The van der Waals surface area contributed by atoms with E-state index < -0.39 is 12.5 Å². The molecular weight excluding hydrogens is 243 g/mol. The van der Waals surface area contributed by atoms with Gasteiger partial charge in [-0.1, -0.05) is 0 Å². The van der Waals surface area contributed by atoms with Crippen LogP contribution in [-0.4, -0.2) is 14.7 Å². The van der Waals surface area contributed by atoms with Crippen LogP contribution in [0.5, 0.6) is 0 Å². The van der Waals surface area contributed by atoms with Crippen molar-refractivity contribution in [3.05, 3.63) is 34.4 Å². The van der Waals surface area contributed by atoms with Crippen molar-refractivity contribution in [1.29, 1.82) is 0 Å². The summed E-state index contributed by atoms with van der Waals surface area (Å²) in [5.41, 5.74) is -0.197. The van der Waals surface area contributed by atoms with Gasteiger partial charge in [0.05, 0.1) is 10.2 Å². The number of nitro groups is 1. The number of nitrogens with zero attached hydrogens (tertiary/aromatic N) is 1. The maximum atomic E-state index is 10.6. The molecule has 0 aliphatic carbocycles. The second-order valence-electron chi connectivity index (χ2n) is 2.32. The molecule has 0 saturated heterocycles. The van der Waals surface area contributed by atoms with Crippen LogP contribution in [0.25, 0.3) is 0 Å². The topological polar surface area (TPSA) is 101 Å². The summed E-state index contributed by atoms with van der Waals surface area (Å²) in [5, 5.41) is 9.95. The van der Waals surface area contributed by atoms with E-state index in [9.17, 15) is 14.7 Å². The first kappa shape index (κ1) is 18.1. The minimum atomic E-state index is -4.29. The molecular formula is C6H8NNa2O5P. The van der Waals surface area contributed by atoms with Crippen LogP contribution < -0.4 is 64.4 Å². The maximum Gasteiger partial charge on any atom is 1.00 e. The first-order valence-corrected chi connectivity index (χ1v) is 4.83. The zero-order valence-corrected chi connectivity index (χ0v) is 13.2. The third kappa shape index (κ3) is 5.58. The zero-order chi connectivity index (χ0) is 10.1.